The number of carbonyl (C=O) groups is 3. The molecule has 3 aliphatic rings. The summed E-state index contributed by atoms with van der Waals surface area (Å²) in [5.41, 5.74) is 5.49. The lowest BCUT2D eigenvalue weighted by molar-refractivity contribution is -0.176. The van der Waals surface area contributed by atoms with E-state index in [0.29, 0.717) is 18.9 Å². The highest BCUT2D eigenvalue weighted by Gasteiger charge is 2.46. The van der Waals surface area contributed by atoms with Crippen LogP contribution >= 0.6 is 0 Å². The summed E-state index contributed by atoms with van der Waals surface area (Å²) in [5, 5.41) is 20.2. The summed E-state index contributed by atoms with van der Waals surface area (Å²) < 4.78 is 20.3. The Labute approximate surface area is 328 Å². The standard InChI is InChI=1S/C42H63N5O7Si/c1-27-22-31-16-13-28(2)33(20-19-32-24-34(42(3,4)5)39(40(49)52-32)54-55(6)7)38(31)36(23-27)53-41(50)43-25-29-14-17-30(18-15-29)35-26-47(46-44-35)21-11-9-8-10-12-37(48)45-51/h13-18,22,26-28,32-34,36,38-39,51,55H,8-12,19-21,23-25H2,1-7H3,(H,43,50)(H,45,48)/t27-,28-,32+,33-,34-,36-,38-,39?/m0/s1. The van der Waals surface area contributed by atoms with Gasteiger partial charge in [-0.3, -0.25) is 14.7 Å². The topological polar surface area (TPSA) is 154 Å². The van der Waals surface area contributed by atoms with E-state index in [2.05, 4.69) is 81.6 Å². The van der Waals surface area contributed by atoms with Crippen LogP contribution in [0.5, 0.6) is 0 Å². The van der Waals surface area contributed by atoms with Gasteiger partial charge in [-0.2, -0.15) is 0 Å². The van der Waals surface area contributed by atoms with Crippen molar-refractivity contribution < 1.29 is 33.5 Å². The normalized spacial score (nSPS) is 26.6. The summed E-state index contributed by atoms with van der Waals surface area (Å²) in [6.07, 6.45) is 14.5. The number of carbonyl (C=O) groups excluding carboxylic acids is 3. The van der Waals surface area contributed by atoms with Gasteiger partial charge in [0.15, 0.2) is 9.04 Å². The number of unbranched alkanes of at least 4 members (excludes halogenated alkanes) is 3. The van der Waals surface area contributed by atoms with Crippen LogP contribution in [0.3, 0.4) is 0 Å². The van der Waals surface area contributed by atoms with Gasteiger partial charge >= 0.3 is 12.1 Å². The van der Waals surface area contributed by atoms with Crippen molar-refractivity contribution in [2.75, 3.05) is 0 Å². The summed E-state index contributed by atoms with van der Waals surface area (Å²) in [5.74, 6) is 0.444. The maximum Gasteiger partial charge on any atom is 0.407 e. The van der Waals surface area contributed by atoms with Gasteiger partial charge in [0.05, 0.1) is 6.20 Å². The second-order valence-electron chi connectivity index (χ2n) is 17.3. The monoisotopic (exact) mass is 777 g/mol. The van der Waals surface area contributed by atoms with Crippen molar-refractivity contribution in [2.24, 2.45) is 35.0 Å². The predicted octanol–water partition coefficient (Wildman–Crippen LogP) is 7.53. The van der Waals surface area contributed by atoms with Crippen LogP contribution in [0, 0.1) is 35.0 Å². The smallest absolute Gasteiger partial charge is 0.407 e. The number of cyclic esters (lactones) is 1. The molecule has 2 aliphatic carbocycles. The van der Waals surface area contributed by atoms with Gasteiger partial charge in [0.2, 0.25) is 5.91 Å². The third-order valence-corrected chi connectivity index (χ3v) is 12.3. The van der Waals surface area contributed by atoms with Crippen LogP contribution in [0.25, 0.3) is 11.3 Å². The van der Waals surface area contributed by atoms with Gasteiger partial charge in [-0.15, -0.1) is 5.10 Å². The molecule has 2 aromatic rings. The minimum absolute atomic E-state index is 0.0789. The molecule has 0 saturated carbocycles. The summed E-state index contributed by atoms with van der Waals surface area (Å²) in [7, 11) is -1.43. The molecule has 55 heavy (non-hydrogen) atoms. The Morgan fingerprint density at radius 1 is 1.05 bits per heavy atom. The van der Waals surface area contributed by atoms with Crippen LogP contribution in [-0.4, -0.2) is 65.5 Å². The van der Waals surface area contributed by atoms with Crippen molar-refractivity contribution in [3.8, 4) is 11.3 Å². The van der Waals surface area contributed by atoms with Crippen LogP contribution in [-0.2, 0) is 36.6 Å². The number of hydrogen-bond donors (Lipinski definition) is 3. The fraction of sp³-hybridized carbons (Fsp3) is 0.643. The Morgan fingerprint density at radius 3 is 2.51 bits per heavy atom. The van der Waals surface area contributed by atoms with Crippen LogP contribution in [0.15, 0.2) is 54.3 Å². The number of allylic oxidation sites excluding steroid dienone is 3. The number of alkyl carbamates (subject to hydrolysis) is 1. The Balaban J connectivity index is 1.13. The largest absolute Gasteiger partial charge is 0.460 e. The molecule has 2 heterocycles. The molecule has 302 valence electrons. The summed E-state index contributed by atoms with van der Waals surface area (Å²) in [4.78, 5) is 37.7. The van der Waals surface area contributed by atoms with Gasteiger partial charge in [-0.25, -0.2) is 15.1 Å². The van der Waals surface area contributed by atoms with Crippen LogP contribution < -0.4 is 10.8 Å². The Morgan fingerprint density at radius 2 is 1.80 bits per heavy atom. The van der Waals surface area contributed by atoms with E-state index in [9.17, 15) is 14.4 Å². The second-order valence-corrected chi connectivity index (χ2v) is 19.7. The fourth-order valence-corrected chi connectivity index (χ4v) is 9.42. The van der Waals surface area contributed by atoms with Crippen molar-refractivity contribution in [3.05, 3.63) is 59.8 Å². The summed E-state index contributed by atoms with van der Waals surface area (Å²) in [6.45, 7) is 16.3. The van der Waals surface area contributed by atoms with Crippen LogP contribution in [0.1, 0.15) is 98.0 Å². The SMILES string of the molecule is C[C@H]1C=C2C=C[C@H](C)[C@H](CC[C@@H]3C[C@H](C(C)(C)C)C(O[SiH](C)C)C(=O)O3)[C@H]2[C@@H](OC(=O)NCc2ccc(-c3cn(CCCCCCC(=O)NO)nn3)cc2)C1. The first-order valence-corrected chi connectivity index (χ1v) is 23.1. The van der Waals surface area contributed by atoms with Crippen molar-refractivity contribution in [3.63, 3.8) is 0 Å². The van der Waals surface area contributed by atoms with E-state index in [4.69, 9.17) is 19.1 Å². The average Bonchev–Trinajstić information content (AvgIpc) is 3.61. The number of benzene rings is 1. The highest BCUT2D eigenvalue weighted by Crippen LogP contribution is 2.46. The lowest BCUT2D eigenvalue weighted by atomic mass is 9.65. The van der Waals surface area contributed by atoms with E-state index in [1.165, 1.54) is 5.57 Å². The average molecular weight is 778 g/mol. The van der Waals surface area contributed by atoms with E-state index < -0.39 is 21.2 Å². The van der Waals surface area contributed by atoms with Gasteiger partial charge < -0.3 is 19.2 Å². The molecular formula is C42H63N5O7Si. The highest BCUT2D eigenvalue weighted by molar-refractivity contribution is 6.48. The van der Waals surface area contributed by atoms with Crippen molar-refractivity contribution in [1.29, 1.82) is 0 Å². The number of rotatable bonds is 16. The highest BCUT2D eigenvalue weighted by atomic mass is 28.3. The lowest BCUT2D eigenvalue weighted by Crippen LogP contribution is -2.50. The maximum absolute atomic E-state index is 13.3. The van der Waals surface area contributed by atoms with Crippen molar-refractivity contribution in [2.45, 2.75) is 137 Å². The van der Waals surface area contributed by atoms with Gasteiger partial charge in [0.1, 0.15) is 24.0 Å². The number of aromatic nitrogens is 3. The molecule has 1 aromatic heterocycles. The van der Waals surface area contributed by atoms with Crippen LogP contribution in [0.4, 0.5) is 4.79 Å². The minimum Gasteiger partial charge on any atom is -0.460 e. The molecule has 1 aromatic carbocycles. The minimum atomic E-state index is -1.43. The molecule has 12 nitrogen and oxygen atoms in total. The number of nitrogens with one attached hydrogen (secondary N) is 2. The zero-order chi connectivity index (χ0) is 39.7. The third kappa shape index (κ3) is 11.8. The van der Waals surface area contributed by atoms with Crippen LogP contribution in [0.2, 0.25) is 13.1 Å². The molecule has 1 fully saturated rings. The van der Waals surface area contributed by atoms with Gasteiger partial charge in [-0.1, -0.05) is 95.2 Å². The number of fused-ring (bicyclic) bond motifs is 1. The number of hydrogen-bond acceptors (Lipinski definition) is 9. The molecule has 0 radical (unpaired) electrons. The van der Waals surface area contributed by atoms with Gasteiger partial charge in [-0.05, 0) is 85.9 Å². The van der Waals surface area contributed by atoms with E-state index >= 15 is 0 Å². The predicted molar refractivity (Wildman–Crippen MR) is 213 cm³/mol. The van der Waals surface area contributed by atoms with Crippen molar-refractivity contribution >= 4 is 27.0 Å². The number of amides is 2. The zero-order valence-electron chi connectivity index (χ0n) is 33.8. The first-order chi connectivity index (χ1) is 26.2. The molecule has 5 rings (SSSR count). The Bertz CT molecular complexity index is 1650. The van der Waals surface area contributed by atoms with Gasteiger partial charge in [0, 0.05) is 36.9 Å². The molecule has 1 unspecified atom stereocenters. The van der Waals surface area contributed by atoms with Gasteiger partial charge in [0.25, 0.3) is 0 Å². The molecule has 8 atom stereocenters. The van der Waals surface area contributed by atoms with E-state index in [1.807, 2.05) is 35.1 Å². The molecule has 0 bridgehead atoms. The number of ether oxygens (including phenoxy) is 2. The summed E-state index contributed by atoms with van der Waals surface area (Å²) in [6, 6.07) is 7.92. The molecule has 13 heteroatoms. The zero-order valence-corrected chi connectivity index (χ0v) is 35.0. The maximum atomic E-state index is 13.3. The van der Waals surface area contributed by atoms with E-state index in [-0.39, 0.29) is 53.2 Å². The second kappa shape index (κ2) is 19.4. The third-order valence-electron chi connectivity index (χ3n) is 11.5. The quantitative estimate of drug-likeness (QED) is 0.0516. The first kappa shape index (κ1) is 42.3. The lowest BCUT2D eigenvalue weighted by Gasteiger charge is -2.45. The molecule has 1 saturated heterocycles. The van der Waals surface area contributed by atoms with E-state index in [1.54, 1.807) is 5.48 Å². The molecule has 0 spiro atoms. The molecular weight excluding hydrogens is 715 g/mol. The van der Waals surface area contributed by atoms with Crippen molar-refractivity contribution in [1.82, 2.24) is 25.8 Å². The number of esters is 1. The molecule has 2 amide bonds. The number of nitrogens with zero attached hydrogens (tertiary/aromatic N) is 3. The van der Waals surface area contributed by atoms with E-state index in [0.717, 1.165) is 74.7 Å². The molecule has 3 N–H and O–H groups in total. The summed E-state index contributed by atoms with van der Waals surface area (Å²) >= 11 is 0. The number of hydroxylamine groups is 1. The Kier molecular flexibility index (Phi) is 14.9. The number of aryl methyl sites for hydroxylation is 1. The fourth-order valence-electron chi connectivity index (χ4n) is 8.53. The Hall–Kier alpha value is -3.81. The first-order valence-electron chi connectivity index (χ1n) is 20.3. The molecule has 1 aliphatic heterocycles.